The van der Waals surface area contributed by atoms with Crippen LogP contribution in [-0.2, 0) is 5.41 Å². The SMILES string of the molecule is c1ccc(-c2cc(-c3ccccc3)nc(-c3ccc(-c4ccc5c(c4)-c4ccccc4C54c5cccc6ccc7cccc4c7c56)cc3)n2)cc1. The van der Waals surface area contributed by atoms with Gasteiger partial charge < -0.3 is 0 Å². The molecule has 0 atom stereocenters. The minimum atomic E-state index is -0.339. The fourth-order valence-corrected chi connectivity index (χ4v) is 8.87. The monoisotopic (exact) mass is 646 g/mol. The molecule has 0 radical (unpaired) electrons. The average Bonchev–Trinajstić information content (AvgIpc) is 3.68. The summed E-state index contributed by atoms with van der Waals surface area (Å²) >= 11 is 0. The van der Waals surface area contributed by atoms with Crippen molar-refractivity contribution in [2.24, 2.45) is 0 Å². The quantitative estimate of drug-likeness (QED) is 0.178. The lowest BCUT2D eigenvalue weighted by Gasteiger charge is -2.30. The summed E-state index contributed by atoms with van der Waals surface area (Å²) in [5.41, 5.74) is 15.1. The van der Waals surface area contributed by atoms with Crippen LogP contribution in [0, 0.1) is 0 Å². The lowest BCUT2D eigenvalue weighted by Crippen LogP contribution is -2.26. The Balaban J connectivity index is 1.04. The van der Waals surface area contributed by atoms with Crippen LogP contribution in [0.2, 0.25) is 0 Å². The molecule has 1 aromatic heterocycles. The van der Waals surface area contributed by atoms with Crippen molar-refractivity contribution in [1.29, 1.82) is 0 Å². The second kappa shape index (κ2) is 10.7. The molecule has 0 saturated carbocycles. The third-order valence-corrected chi connectivity index (χ3v) is 11.1. The summed E-state index contributed by atoms with van der Waals surface area (Å²) in [7, 11) is 0. The molecule has 236 valence electrons. The standard InChI is InChI=1S/C49H30N2/c1-3-11-32(12-4-1)44-30-45(33-13-5-2-6-14-33)51-48(50-44)36-25-21-31(22-26-36)37-27-28-41-39(29-37)38-17-7-8-18-40(38)49(41)42-19-9-15-34-23-24-35-16-10-20-43(49)47(35)46(34)42/h1-30H. The Kier molecular flexibility index (Phi) is 5.91. The van der Waals surface area contributed by atoms with E-state index >= 15 is 0 Å². The van der Waals surface area contributed by atoms with Gasteiger partial charge in [-0.2, -0.15) is 0 Å². The second-order valence-electron chi connectivity index (χ2n) is 13.7. The molecule has 11 rings (SSSR count). The highest BCUT2D eigenvalue weighted by Gasteiger charge is 2.50. The van der Waals surface area contributed by atoms with Crippen molar-refractivity contribution < 1.29 is 0 Å². The van der Waals surface area contributed by atoms with E-state index in [4.69, 9.17) is 9.97 Å². The average molecular weight is 647 g/mol. The largest absolute Gasteiger partial charge is 0.228 e. The Hall–Kier alpha value is -6.64. The van der Waals surface area contributed by atoms with Crippen molar-refractivity contribution >= 4 is 21.5 Å². The van der Waals surface area contributed by atoms with Crippen LogP contribution >= 0.6 is 0 Å². The molecule has 1 heterocycles. The molecule has 1 spiro atoms. The van der Waals surface area contributed by atoms with Crippen LogP contribution in [0.4, 0.5) is 0 Å². The van der Waals surface area contributed by atoms with E-state index in [-0.39, 0.29) is 5.41 Å². The molecule has 0 saturated heterocycles. The van der Waals surface area contributed by atoms with Gasteiger partial charge in [-0.25, -0.2) is 9.97 Å². The minimum Gasteiger partial charge on any atom is -0.228 e. The first-order valence-corrected chi connectivity index (χ1v) is 17.6. The summed E-state index contributed by atoms with van der Waals surface area (Å²) in [5.74, 6) is 0.718. The van der Waals surface area contributed by atoms with E-state index in [9.17, 15) is 0 Å². The summed E-state index contributed by atoms with van der Waals surface area (Å²) in [6, 6.07) is 65.9. The van der Waals surface area contributed by atoms with E-state index in [0.717, 1.165) is 33.9 Å². The Morgan fingerprint density at radius 1 is 0.314 bits per heavy atom. The number of nitrogens with zero attached hydrogens (tertiary/aromatic N) is 2. The van der Waals surface area contributed by atoms with Gasteiger partial charge in [-0.1, -0.05) is 170 Å². The maximum Gasteiger partial charge on any atom is 0.160 e. The van der Waals surface area contributed by atoms with Gasteiger partial charge in [0.1, 0.15) is 0 Å². The maximum absolute atomic E-state index is 5.05. The van der Waals surface area contributed by atoms with Gasteiger partial charge >= 0.3 is 0 Å². The van der Waals surface area contributed by atoms with Crippen molar-refractivity contribution in [3.05, 3.63) is 204 Å². The summed E-state index contributed by atoms with van der Waals surface area (Å²) in [4.78, 5) is 10.1. The second-order valence-corrected chi connectivity index (χ2v) is 13.7. The van der Waals surface area contributed by atoms with E-state index in [1.54, 1.807) is 0 Å². The van der Waals surface area contributed by atoms with E-state index in [0.29, 0.717) is 0 Å². The summed E-state index contributed by atoms with van der Waals surface area (Å²) in [6.45, 7) is 0. The highest BCUT2D eigenvalue weighted by Crippen LogP contribution is 2.62. The summed E-state index contributed by atoms with van der Waals surface area (Å²) in [6.07, 6.45) is 0. The van der Waals surface area contributed by atoms with E-state index < -0.39 is 0 Å². The molecule has 8 aromatic carbocycles. The van der Waals surface area contributed by atoms with Crippen LogP contribution in [0.15, 0.2) is 182 Å². The van der Waals surface area contributed by atoms with E-state index in [1.807, 2.05) is 12.1 Å². The molecule has 0 bridgehead atoms. The minimum absolute atomic E-state index is 0.339. The van der Waals surface area contributed by atoms with Crippen LogP contribution in [-0.4, -0.2) is 9.97 Å². The van der Waals surface area contributed by atoms with Crippen LogP contribution in [0.3, 0.4) is 0 Å². The maximum atomic E-state index is 5.05. The van der Waals surface area contributed by atoms with Crippen molar-refractivity contribution in [2.45, 2.75) is 5.41 Å². The molecule has 0 fully saturated rings. The number of aromatic nitrogens is 2. The Morgan fingerprint density at radius 3 is 1.45 bits per heavy atom. The van der Waals surface area contributed by atoms with E-state index in [1.165, 1.54) is 66.1 Å². The zero-order valence-corrected chi connectivity index (χ0v) is 27.7. The lowest BCUT2D eigenvalue weighted by atomic mass is 9.70. The van der Waals surface area contributed by atoms with Crippen molar-refractivity contribution in [2.75, 3.05) is 0 Å². The number of rotatable bonds is 4. The van der Waals surface area contributed by atoms with Crippen LogP contribution in [0.25, 0.3) is 77.7 Å². The van der Waals surface area contributed by atoms with Gasteiger partial charge in [0, 0.05) is 16.7 Å². The topological polar surface area (TPSA) is 25.8 Å². The molecule has 0 N–H and O–H groups in total. The van der Waals surface area contributed by atoms with Crippen LogP contribution < -0.4 is 0 Å². The highest BCUT2D eigenvalue weighted by molar-refractivity contribution is 6.17. The Bertz CT molecular complexity index is 2720. The van der Waals surface area contributed by atoms with Gasteiger partial charge in [0.25, 0.3) is 0 Å². The fourth-order valence-electron chi connectivity index (χ4n) is 8.87. The molecule has 2 nitrogen and oxygen atoms in total. The van der Waals surface area contributed by atoms with Crippen molar-refractivity contribution in [3.8, 4) is 56.2 Å². The van der Waals surface area contributed by atoms with Gasteiger partial charge in [-0.3, -0.25) is 0 Å². The van der Waals surface area contributed by atoms with Gasteiger partial charge in [-0.05, 0) is 78.2 Å². The van der Waals surface area contributed by atoms with E-state index in [2.05, 4.69) is 170 Å². The molecule has 0 amide bonds. The first-order chi connectivity index (χ1) is 25.3. The lowest BCUT2D eigenvalue weighted by molar-refractivity contribution is 0.797. The molecule has 2 aliphatic rings. The molecule has 0 aliphatic heterocycles. The zero-order valence-electron chi connectivity index (χ0n) is 27.7. The van der Waals surface area contributed by atoms with Gasteiger partial charge in [0.05, 0.1) is 16.8 Å². The molecule has 2 heteroatoms. The number of hydrogen-bond acceptors (Lipinski definition) is 2. The zero-order chi connectivity index (χ0) is 33.5. The Labute approximate surface area is 296 Å². The van der Waals surface area contributed by atoms with Crippen molar-refractivity contribution in [3.63, 3.8) is 0 Å². The van der Waals surface area contributed by atoms with Gasteiger partial charge in [-0.15, -0.1) is 0 Å². The third-order valence-electron chi connectivity index (χ3n) is 11.1. The number of benzene rings is 8. The first-order valence-electron chi connectivity index (χ1n) is 17.6. The van der Waals surface area contributed by atoms with Gasteiger partial charge in [0.2, 0.25) is 0 Å². The number of hydrogen-bond donors (Lipinski definition) is 0. The summed E-state index contributed by atoms with van der Waals surface area (Å²) < 4.78 is 0. The molecular weight excluding hydrogens is 617 g/mol. The Morgan fingerprint density at radius 2 is 0.824 bits per heavy atom. The first kappa shape index (κ1) is 28.2. The molecular formula is C49H30N2. The normalized spacial score (nSPS) is 13.3. The predicted molar refractivity (Wildman–Crippen MR) is 210 cm³/mol. The highest BCUT2D eigenvalue weighted by atomic mass is 14.9. The molecule has 0 unspecified atom stereocenters. The predicted octanol–water partition coefficient (Wildman–Crippen LogP) is 12.1. The molecule has 9 aromatic rings. The van der Waals surface area contributed by atoms with Crippen molar-refractivity contribution in [1.82, 2.24) is 9.97 Å². The van der Waals surface area contributed by atoms with Crippen LogP contribution in [0.1, 0.15) is 22.3 Å². The molecule has 51 heavy (non-hydrogen) atoms. The van der Waals surface area contributed by atoms with Gasteiger partial charge in [0.15, 0.2) is 5.82 Å². The fraction of sp³-hybridized carbons (Fsp3) is 0.0204. The smallest absolute Gasteiger partial charge is 0.160 e. The number of fused-ring (bicyclic) bond motifs is 7. The molecule has 2 aliphatic carbocycles. The summed E-state index contributed by atoms with van der Waals surface area (Å²) in [5, 5.41) is 5.39. The third kappa shape index (κ3) is 3.99. The van der Waals surface area contributed by atoms with Crippen LogP contribution in [0.5, 0.6) is 0 Å².